The van der Waals surface area contributed by atoms with Crippen molar-refractivity contribution in [2.24, 2.45) is 0 Å². The van der Waals surface area contributed by atoms with Crippen molar-refractivity contribution in [3.63, 3.8) is 0 Å². The van der Waals surface area contributed by atoms with Crippen LogP contribution in [0.2, 0.25) is 0 Å². The Labute approximate surface area is 113 Å². The summed E-state index contributed by atoms with van der Waals surface area (Å²) in [5.41, 5.74) is 2.40. The van der Waals surface area contributed by atoms with Gasteiger partial charge in [0.2, 0.25) is 5.76 Å². The predicted molar refractivity (Wildman–Crippen MR) is 75.9 cm³/mol. The standard InChI is InChI=1S/C16H20O3/c1-5-6-10-7-8-12-11(9-10)13(16(2,3)4)14(19-12)15(17)18/h7-9H,5-6H2,1-4H3,(H,17,18). The molecular formula is C16H20O3. The molecule has 19 heavy (non-hydrogen) atoms. The zero-order valence-corrected chi connectivity index (χ0v) is 11.9. The second-order valence-corrected chi connectivity index (χ2v) is 5.94. The number of carboxylic acid groups (broad SMARTS) is 1. The fourth-order valence-electron chi connectivity index (χ4n) is 2.48. The molecule has 3 heteroatoms. The molecule has 0 aliphatic rings. The van der Waals surface area contributed by atoms with Crippen LogP contribution in [-0.4, -0.2) is 11.1 Å². The molecule has 0 amide bonds. The largest absolute Gasteiger partial charge is 0.475 e. The maximum absolute atomic E-state index is 11.4. The topological polar surface area (TPSA) is 50.4 Å². The van der Waals surface area contributed by atoms with Crippen molar-refractivity contribution in [1.29, 1.82) is 0 Å². The third-order valence-corrected chi connectivity index (χ3v) is 3.24. The number of hydrogen-bond donors (Lipinski definition) is 1. The number of carboxylic acids is 1. The Morgan fingerprint density at radius 2 is 2.00 bits per heavy atom. The van der Waals surface area contributed by atoms with Gasteiger partial charge in [0, 0.05) is 10.9 Å². The van der Waals surface area contributed by atoms with Gasteiger partial charge in [0.05, 0.1) is 0 Å². The third kappa shape index (κ3) is 2.50. The van der Waals surface area contributed by atoms with E-state index in [1.54, 1.807) is 0 Å². The molecule has 0 atom stereocenters. The Balaban J connectivity index is 2.74. The predicted octanol–water partition coefficient (Wildman–Crippen LogP) is 4.38. The summed E-state index contributed by atoms with van der Waals surface area (Å²) in [6, 6.07) is 5.95. The van der Waals surface area contributed by atoms with Crippen LogP contribution < -0.4 is 0 Å². The van der Waals surface area contributed by atoms with Crippen LogP contribution in [0, 0.1) is 0 Å². The first-order valence-corrected chi connectivity index (χ1v) is 6.63. The molecule has 0 bridgehead atoms. The average molecular weight is 260 g/mol. The molecule has 0 unspecified atom stereocenters. The van der Waals surface area contributed by atoms with Crippen LogP contribution in [0.5, 0.6) is 0 Å². The van der Waals surface area contributed by atoms with Gasteiger partial charge >= 0.3 is 5.97 Å². The van der Waals surface area contributed by atoms with Crippen LogP contribution in [0.15, 0.2) is 22.6 Å². The van der Waals surface area contributed by atoms with E-state index in [0.29, 0.717) is 5.58 Å². The van der Waals surface area contributed by atoms with Crippen molar-refractivity contribution in [2.45, 2.75) is 46.0 Å². The van der Waals surface area contributed by atoms with Crippen LogP contribution in [0.25, 0.3) is 11.0 Å². The van der Waals surface area contributed by atoms with Crippen molar-refractivity contribution < 1.29 is 14.3 Å². The molecule has 1 aromatic carbocycles. The summed E-state index contributed by atoms with van der Waals surface area (Å²) >= 11 is 0. The maximum atomic E-state index is 11.4. The monoisotopic (exact) mass is 260 g/mol. The van der Waals surface area contributed by atoms with Gasteiger partial charge in [0.25, 0.3) is 0 Å². The van der Waals surface area contributed by atoms with Gasteiger partial charge < -0.3 is 9.52 Å². The summed E-state index contributed by atoms with van der Waals surface area (Å²) in [4.78, 5) is 11.4. The lowest BCUT2D eigenvalue weighted by Gasteiger charge is -2.18. The number of fused-ring (bicyclic) bond motifs is 1. The fourth-order valence-corrected chi connectivity index (χ4v) is 2.48. The summed E-state index contributed by atoms with van der Waals surface area (Å²) in [6.45, 7) is 8.16. The van der Waals surface area contributed by atoms with Crippen molar-refractivity contribution >= 4 is 16.9 Å². The Kier molecular flexibility index (Phi) is 3.40. The van der Waals surface area contributed by atoms with Gasteiger partial charge in [-0.1, -0.05) is 40.2 Å². The molecule has 1 aromatic heterocycles. The molecule has 1 heterocycles. The fraction of sp³-hybridized carbons (Fsp3) is 0.438. The summed E-state index contributed by atoms with van der Waals surface area (Å²) < 4.78 is 5.52. The van der Waals surface area contributed by atoms with Crippen molar-refractivity contribution in [3.8, 4) is 0 Å². The van der Waals surface area contributed by atoms with Crippen LogP contribution in [0.1, 0.15) is 55.8 Å². The van der Waals surface area contributed by atoms with Crippen LogP contribution >= 0.6 is 0 Å². The zero-order chi connectivity index (χ0) is 14.2. The highest BCUT2D eigenvalue weighted by atomic mass is 16.4. The quantitative estimate of drug-likeness (QED) is 0.890. The van der Waals surface area contributed by atoms with E-state index < -0.39 is 5.97 Å². The van der Waals surface area contributed by atoms with Gasteiger partial charge in [-0.2, -0.15) is 0 Å². The molecule has 0 aliphatic heterocycles. The first kappa shape index (κ1) is 13.7. The van der Waals surface area contributed by atoms with Crippen molar-refractivity contribution in [1.82, 2.24) is 0 Å². The van der Waals surface area contributed by atoms with E-state index in [1.807, 2.05) is 32.9 Å². The highest BCUT2D eigenvalue weighted by Gasteiger charge is 2.28. The molecule has 1 N–H and O–H groups in total. The summed E-state index contributed by atoms with van der Waals surface area (Å²) in [7, 11) is 0. The maximum Gasteiger partial charge on any atom is 0.372 e. The second kappa shape index (κ2) is 4.72. The molecule has 3 nitrogen and oxygen atoms in total. The van der Waals surface area contributed by atoms with Crippen LogP contribution in [0.3, 0.4) is 0 Å². The SMILES string of the molecule is CCCc1ccc2oc(C(=O)O)c(C(C)(C)C)c2c1. The molecule has 0 radical (unpaired) electrons. The lowest BCUT2D eigenvalue weighted by Crippen LogP contribution is -2.15. The van der Waals surface area contributed by atoms with Gasteiger partial charge in [0.1, 0.15) is 5.58 Å². The molecule has 0 spiro atoms. The van der Waals surface area contributed by atoms with Crippen LogP contribution in [-0.2, 0) is 11.8 Å². The molecule has 0 saturated carbocycles. The smallest absolute Gasteiger partial charge is 0.372 e. The summed E-state index contributed by atoms with van der Waals surface area (Å²) in [6.07, 6.45) is 2.06. The number of hydrogen-bond acceptors (Lipinski definition) is 2. The molecule has 2 rings (SSSR count). The highest BCUT2D eigenvalue weighted by molar-refractivity contribution is 5.96. The normalized spacial score (nSPS) is 12.0. The highest BCUT2D eigenvalue weighted by Crippen LogP contribution is 2.36. The third-order valence-electron chi connectivity index (χ3n) is 3.24. The number of benzene rings is 1. The summed E-state index contributed by atoms with van der Waals surface area (Å²) in [5.74, 6) is -0.936. The number of rotatable bonds is 3. The minimum absolute atomic E-state index is 0.0659. The lowest BCUT2D eigenvalue weighted by atomic mass is 9.84. The minimum Gasteiger partial charge on any atom is -0.475 e. The van der Waals surface area contributed by atoms with E-state index in [9.17, 15) is 9.90 Å². The average Bonchev–Trinajstić information content (AvgIpc) is 2.67. The van der Waals surface area contributed by atoms with E-state index >= 15 is 0 Å². The second-order valence-electron chi connectivity index (χ2n) is 5.94. The van der Waals surface area contributed by atoms with Gasteiger partial charge in [-0.15, -0.1) is 0 Å². The van der Waals surface area contributed by atoms with Crippen molar-refractivity contribution in [2.75, 3.05) is 0 Å². The van der Waals surface area contributed by atoms with Crippen LogP contribution in [0.4, 0.5) is 0 Å². The Morgan fingerprint density at radius 1 is 1.32 bits per heavy atom. The van der Waals surface area contributed by atoms with Gasteiger partial charge in [-0.3, -0.25) is 0 Å². The molecule has 0 saturated heterocycles. The molecule has 0 aliphatic carbocycles. The van der Waals surface area contributed by atoms with E-state index in [0.717, 1.165) is 23.8 Å². The molecule has 102 valence electrons. The molecule has 2 aromatic rings. The van der Waals surface area contributed by atoms with Crippen molar-refractivity contribution in [3.05, 3.63) is 35.1 Å². The number of aromatic carboxylic acids is 1. The van der Waals surface area contributed by atoms with Gasteiger partial charge in [-0.25, -0.2) is 4.79 Å². The number of furan rings is 1. The summed E-state index contributed by atoms with van der Waals surface area (Å²) in [5, 5.41) is 10.2. The van der Waals surface area contributed by atoms with E-state index in [4.69, 9.17) is 4.42 Å². The van der Waals surface area contributed by atoms with E-state index in [2.05, 4.69) is 13.0 Å². The first-order chi connectivity index (χ1) is 8.84. The Hall–Kier alpha value is -1.77. The van der Waals surface area contributed by atoms with Gasteiger partial charge in [0.15, 0.2) is 0 Å². The number of carbonyl (C=O) groups is 1. The first-order valence-electron chi connectivity index (χ1n) is 6.63. The van der Waals surface area contributed by atoms with Gasteiger partial charge in [-0.05, 0) is 29.5 Å². The Bertz CT molecular complexity index is 615. The Morgan fingerprint density at radius 3 is 2.53 bits per heavy atom. The zero-order valence-electron chi connectivity index (χ0n) is 11.9. The van der Waals surface area contributed by atoms with E-state index in [-0.39, 0.29) is 11.2 Å². The molecular weight excluding hydrogens is 240 g/mol. The minimum atomic E-state index is -1.00. The molecule has 0 fully saturated rings. The lowest BCUT2D eigenvalue weighted by molar-refractivity contribution is 0.0661. The number of aryl methyl sites for hydroxylation is 1. The van der Waals surface area contributed by atoms with E-state index in [1.165, 1.54) is 5.56 Å².